The molecule has 2 rings (SSSR count). The van der Waals surface area contributed by atoms with E-state index in [1.807, 2.05) is 12.1 Å². The zero-order valence-corrected chi connectivity index (χ0v) is 9.64. The molecule has 0 saturated heterocycles. The summed E-state index contributed by atoms with van der Waals surface area (Å²) in [6.45, 7) is 4.17. The molecule has 2 heteroatoms. The number of rotatable bonds is 3. The minimum atomic E-state index is -0.00962. The van der Waals surface area contributed by atoms with Crippen molar-refractivity contribution in [2.45, 2.75) is 19.9 Å². The fraction of sp³-hybridized carbons (Fsp3) is 0.286. The molecule has 0 radical (unpaired) electrons. The predicted molar refractivity (Wildman–Crippen MR) is 66.4 cm³/mol. The number of hydrogen-bond acceptors (Lipinski definition) is 2. The summed E-state index contributed by atoms with van der Waals surface area (Å²) >= 11 is 0. The van der Waals surface area contributed by atoms with Crippen LogP contribution in [0.3, 0.4) is 0 Å². The summed E-state index contributed by atoms with van der Waals surface area (Å²) in [6, 6.07) is 14.5. The third kappa shape index (κ3) is 2.08. The molecule has 84 valence electrons. The van der Waals surface area contributed by atoms with Crippen LogP contribution in [0.15, 0.2) is 42.5 Å². The molecule has 0 fully saturated rings. The molecule has 0 aliphatic heterocycles. The lowest BCUT2D eigenvalue weighted by molar-refractivity contribution is 0.105. The topological polar surface area (TPSA) is 32.3 Å². The van der Waals surface area contributed by atoms with E-state index < -0.39 is 0 Å². The van der Waals surface area contributed by atoms with Crippen LogP contribution < -0.4 is 5.48 Å². The highest BCUT2D eigenvalue weighted by Crippen LogP contribution is 2.24. The van der Waals surface area contributed by atoms with Gasteiger partial charge in [-0.15, -0.1) is 0 Å². The Bertz CT molecular complexity index is 479. The lowest BCUT2D eigenvalue weighted by atomic mass is 9.95. The van der Waals surface area contributed by atoms with E-state index in [0.29, 0.717) is 5.92 Å². The summed E-state index contributed by atoms with van der Waals surface area (Å²) in [4.78, 5) is 0. The van der Waals surface area contributed by atoms with Gasteiger partial charge in [0.1, 0.15) is 0 Å². The fourth-order valence-electron chi connectivity index (χ4n) is 2.01. The average molecular weight is 215 g/mol. The molecule has 2 N–H and O–H groups in total. The van der Waals surface area contributed by atoms with Crippen LogP contribution in [0.5, 0.6) is 0 Å². The molecule has 2 aromatic carbocycles. The summed E-state index contributed by atoms with van der Waals surface area (Å²) in [5, 5.41) is 11.6. The van der Waals surface area contributed by atoms with E-state index in [9.17, 15) is 5.21 Å². The van der Waals surface area contributed by atoms with Crippen molar-refractivity contribution >= 4 is 10.8 Å². The molecule has 0 spiro atoms. The Kier molecular flexibility index (Phi) is 3.22. The molecule has 0 aliphatic carbocycles. The van der Waals surface area contributed by atoms with E-state index in [1.165, 1.54) is 10.8 Å². The van der Waals surface area contributed by atoms with Crippen LogP contribution in [0.25, 0.3) is 10.8 Å². The van der Waals surface area contributed by atoms with Crippen molar-refractivity contribution in [2.75, 3.05) is 0 Å². The van der Waals surface area contributed by atoms with Crippen molar-refractivity contribution in [3.05, 3.63) is 48.0 Å². The van der Waals surface area contributed by atoms with E-state index in [-0.39, 0.29) is 6.04 Å². The smallest absolute Gasteiger partial charge is 0.0592 e. The van der Waals surface area contributed by atoms with Crippen LogP contribution in [0.4, 0.5) is 0 Å². The zero-order chi connectivity index (χ0) is 11.5. The third-order valence-electron chi connectivity index (χ3n) is 2.94. The van der Waals surface area contributed by atoms with Crippen molar-refractivity contribution in [3.63, 3.8) is 0 Å². The molecule has 0 amide bonds. The summed E-state index contributed by atoms with van der Waals surface area (Å²) in [5.41, 5.74) is 3.50. The first-order valence-corrected chi connectivity index (χ1v) is 5.60. The molecule has 0 heterocycles. The van der Waals surface area contributed by atoms with Crippen LogP contribution in [-0.4, -0.2) is 5.21 Å². The van der Waals surface area contributed by atoms with Crippen LogP contribution in [0.1, 0.15) is 25.5 Å². The number of hydroxylamine groups is 1. The van der Waals surface area contributed by atoms with Gasteiger partial charge in [-0.2, -0.15) is 5.48 Å². The Labute approximate surface area is 95.9 Å². The molecule has 16 heavy (non-hydrogen) atoms. The molecule has 1 atom stereocenters. The van der Waals surface area contributed by atoms with Gasteiger partial charge in [0.2, 0.25) is 0 Å². The minimum Gasteiger partial charge on any atom is -0.316 e. The highest BCUT2D eigenvalue weighted by Gasteiger charge is 2.14. The van der Waals surface area contributed by atoms with Gasteiger partial charge in [-0.05, 0) is 28.3 Å². The Morgan fingerprint density at radius 3 is 2.31 bits per heavy atom. The van der Waals surface area contributed by atoms with Gasteiger partial charge in [0.05, 0.1) is 6.04 Å². The van der Waals surface area contributed by atoms with Gasteiger partial charge >= 0.3 is 0 Å². The van der Waals surface area contributed by atoms with E-state index >= 15 is 0 Å². The van der Waals surface area contributed by atoms with E-state index in [0.717, 1.165) is 5.56 Å². The Morgan fingerprint density at radius 1 is 1.00 bits per heavy atom. The first kappa shape index (κ1) is 11.1. The van der Waals surface area contributed by atoms with Gasteiger partial charge in [0, 0.05) is 0 Å². The predicted octanol–water partition coefficient (Wildman–Crippen LogP) is 3.52. The van der Waals surface area contributed by atoms with Crippen molar-refractivity contribution in [1.29, 1.82) is 0 Å². The second kappa shape index (κ2) is 4.64. The number of nitrogens with one attached hydrogen (secondary N) is 1. The van der Waals surface area contributed by atoms with Gasteiger partial charge in [-0.25, -0.2) is 0 Å². The van der Waals surface area contributed by atoms with Crippen LogP contribution in [-0.2, 0) is 0 Å². The maximum atomic E-state index is 9.17. The monoisotopic (exact) mass is 215 g/mol. The normalized spacial score (nSPS) is 13.2. The van der Waals surface area contributed by atoms with Gasteiger partial charge in [0.25, 0.3) is 0 Å². The van der Waals surface area contributed by atoms with Gasteiger partial charge in [-0.1, -0.05) is 50.2 Å². The molecular weight excluding hydrogens is 198 g/mol. The molecule has 2 aromatic rings. The van der Waals surface area contributed by atoms with Gasteiger partial charge in [0.15, 0.2) is 0 Å². The largest absolute Gasteiger partial charge is 0.316 e. The molecular formula is C14H17NO. The van der Waals surface area contributed by atoms with Crippen molar-refractivity contribution in [1.82, 2.24) is 5.48 Å². The molecule has 0 aromatic heterocycles. The molecule has 2 nitrogen and oxygen atoms in total. The zero-order valence-electron chi connectivity index (χ0n) is 9.64. The second-order valence-corrected chi connectivity index (χ2v) is 4.46. The Balaban J connectivity index is 2.45. The SMILES string of the molecule is CC(C)C(NO)c1ccc2ccccc2c1. The Hall–Kier alpha value is -1.38. The summed E-state index contributed by atoms with van der Waals surface area (Å²) in [5.74, 6) is 0.353. The van der Waals surface area contributed by atoms with E-state index in [4.69, 9.17) is 0 Å². The van der Waals surface area contributed by atoms with Crippen LogP contribution >= 0.6 is 0 Å². The third-order valence-corrected chi connectivity index (χ3v) is 2.94. The number of hydrogen-bond donors (Lipinski definition) is 2. The molecule has 0 bridgehead atoms. The van der Waals surface area contributed by atoms with Crippen LogP contribution in [0.2, 0.25) is 0 Å². The van der Waals surface area contributed by atoms with Crippen molar-refractivity contribution < 1.29 is 5.21 Å². The van der Waals surface area contributed by atoms with Crippen molar-refractivity contribution in [2.24, 2.45) is 5.92 Å². The summed E-state index contributed by atoms with van der Waals surface area (Å²) in [6.07, 6.45) is 0. The lowest BCUT2D eigenvalue weighted by Gasteiger charge is -2.19. The first-order chi connectivity index (χ1) is 7.72. The summed E-state index contributed by atoms with van der Waals surface area (Å²) < 4.78 is 0. The van der Waals surface area contributed by atoms with Gasteiger partial charge < -0.3 is 5.21 Å². The fourth-order valence-corrected chi connectivity index (χ4v) is 2.01. The molecule has 0 saturated carbocycles. The quantitative estimate of drug-likeness (QED) is 0.768. The standard InChI is InChI=1S/C14H17NO/c1-10(2)14(15-16)13-8-7-11-5-3-4-6-12(11)9-13/h3-10,14-16H,1-2H3. The first-order valence-electron chi connectivity index (χ1n) is 5.60. The number of fused-ring (bicyclic) bond motifs is 1. The summed E-state index contributed by atoms with van der Waals surface area (Å²) in [7, 11) is 0. The van der Waals surface area contributed by atoms with E-state index in [1.54, 1.807) is 0 Å². The Morgan fingerprint density at radius 2 is 1.69 bits per heavy atom. The number of benzene rings is 2. The highest BCUT2D eigenvalue weighted by molar-refractivity contribution is 5.83. The van der Waals surface area contributed by atoms with E-state index in [2.05, 4.69) is 49.7 Å². The minimum absolute atomic E-state index is 0.00962. The molecule has 0 aliphatic rings. The maximum absolute atomic E-state index is 9.17. The molecule has 1 unspecified atom stereocenters. The lowest BCUT2D eigenvalue weighted by Crippen LogP contribution is -2.22. The highest BCUT2D eigenvalue weighted by atomic mass is 16.5. The van der Waals surface area contributed by atoms with Crippen molar-refractivity contribution in [3.8, 4) is 0 Å². The maximum Gasteiger partial charge on any atom is 0.0592 e. The van der Waals surface area contributed by atoms with Crippen LogP contribution in [0, 0.1) is 5.92 Å². The second-order valence-electron chi connectivity index (χ2n) is 4.46. The van der Waals surface area contributed by atoms with Gasteiger partial charge in [-0.3, -0.25) is 0 Å². The average Bonchev–Trinajstić information content (AvgIpc) is 2.29.